The van der Waals surface area contributed by atoms with E-state index in [4.69, 9.17) is 4.98 Å². The van der Waals surface area contributed by atoms with E-state index < -0.39 is 0 Å². The molecule has 3 aromatic rings. The molecule has 0 N–H and O–H groups in total. The van der Waals surface area contributed by atoms with Crippen molar-refractivity contribution in [3.05, 3.63) is 48.2 Å². The summed E-state index contributed by atoms with van der Waals surface area (Å²) >= 11 is 1.64. The zero-order chi connectivity index (χ0) is 21.4. The molecule has 2 saturated heterocycles. The van der Waals surface area contributed by atoms with Crippen molar-refractivity contribution in [3.63, 3.8) is 0 Å². The number of rotatable bonds is 3. The van der Waals surface area contributed by atoms with E-state index in [2.05, 4.69) is 57.8 Å². The number of piperidine rings is 1. The molecule has 2 aromatic heterocycles. The molecular formula is C24H29N5OS. The molecule has 1 unspecified atom stereocenters. The first-order valence-corrected chi connectivity index (χ1v) is 12.0. The number of piperazine rings is 1. The van der Waals surface area contributed by atoms with Gasteiger partial charge in [-0.25, -0.2) is 9.97 Å². The van der Waals surface area contributed by atoms with Crippen LogP contribution in [-0.4, -0.2) is 59.5 Å². The molecule has 0 radical (unpaired) electrons. The molecular weight excluding hydrogens is 406 g/mol. The Kier molecular flexibility index (Phi) is 5.52. The fourth-order valence-corrected chi connectivity index (χ4v) is 5.78. The number of benzene rings is 1. The molecule has 0 bridgehead atoms. The van der Waals surface area contributed by atoms with Gasteiger partial charge < -0.3 is 14.7 Å². The second-order valence-corrected chi connectivity index (χ2v) is 9.71. The molecule has 7 heteroatoms. The number of pyridine rings is 1. The van der Waals surface area contributed by atoms with Gasteiger partial charge in [0.2, 0.25) is 5.91 Å². The molecule has 4 heterocycles. The number of carbonyl (C=O) groups is 1. The van der Waals surface area contributed by atoms with Crippen LogP contribution in [-0.2, 0) is 4.79 Å². The Morgan fingerprint density at radius 3 is 2.68 bits per heavy atom. The summed E-state index contributed by atoms with van der Waals surface area (Å²) in [6, 6.07) is 12.9. The van der Waals surface area contributed by atoms with Gasteiger partial charge in [-0.2, -0.15) is 0 Å². The molecule has 5 rings (SSSR count). The number of fused-ring (bicyclic) bond motifs is 1. The SMILES string of the molecule is Cc1cccc(N2CCN(C(=O)C3CCN(c4nc5cccnc5s4)CC3)CC2C)c1. The molecule has 1 aromatic carbocycles. The van der Waals surface area contributed by atoms with E-state index in [-0.39, 0.29) is 5.92 Å². The molecule has 1 amide bonds. The Hall–Kier alpha value is -2.67. The van der Waals surface area contributed by atoms with Crippen molar-refractivity contribution in [3.8, 4) is 0 Å². The van der Waals surface area contributed by atoms with Crippen molar-refractivity contribution in [1.82, 2.24) is 14.9 Å². The number of carbonyl (C=O) groups excluding carboxylic acids is 1. The third kappa shape index (κ3) is 4.11. The van der Waals surface area contributed by atoms with Crippen LogP contribution >= 0.6 is 11.3 Å². The van der Waals surface area contributed by atoms with E-state index in [0.29, 0.717) is 11.9 Å². The van der Waals surface area contributed by atoms with Gasteiger partial charge in [-0.3, -0.25) is 4.79 Å². The number of nitrogens with zero attached hydrogens (tertiary/aromatic N) is 5. The van der Waals surface area contributed by atoms with Gasteiger partial charge in [0.1, 0.15) is 10.3 Å². The van der Waals surface area contributed by atoms with Crippen LogP contribution in [0.5, 0.6) is 0 Å². The van der Waals surface area contributed by atoms with E-state index in [1.165, 1.54) is 11.3 Å². The summed E-state index contributed by atoms with van der Waals surface area (Å²) in [7, 11) is 0. The smallest absolute Gasteiger partial charge is 0.225 e. The molecule has 1 atom stereocenters. The lowest BCUT2D eigenvalue weighted by atomic mass is 9.95. The van der Waals surface area contributed by atoms with Crippen LogP contribution < -0.4 is 9.80 Å². The fourth-order valence-electron chi connectivity index (χ4n) is 4.82. The maximum atomic E-state index is 13.2. The van der Waals surface area contributed by atoms with Crippen LogP contribution in [0, 0.1) is 12.8 Å². The highest BCUT2D eigenvalue weighted by Crippen LogP contribution is 2.31. The topological polar surface area (TPSA) is 52.6 Å². The second-order valence-electron chi connectivity index (χ2n) is 8.75. The first-order chi connectivity index (χ1) is 15.1. The average Bonchev–Trinajstić information content (AvgIpc) is 3.23. The van der Waals surface area contributed by atoms with Crippen LogP contribution in [0.3, 0.4) is 0 Å². The minimum Gasteiger partial charge on any atom is -0.365 e. The lowest BCUT2D eigenvalue weighted by molar-refractivity contribution is -0.137. The van der Waals surface area contributed by atoms with Crippen molar-refractivity contribution in [2.24, 2.45) is 5.92 Å². The Balaban J connectivity index is 1.18. The van der Waals surface area contributed by atoms with Gasteiger partial charge in [-0.1, -0.05) is 23.5 Å². The number of aryl methyl sites for hydroxylation is 1. The Morgan fingerprint density at radius 1 is 1.10 bits per heavy atom. The van der Waals surface area contributed by atoms with Crippen molar-refractivity contribution in [1.29, 1.82) is 0 Å². The van der Waals surface area contributed by atoms with Crippen LogP contribution in [0.25, 0.3) is 10.3 Å². The number of hydrogen-bond donors (Lipinski definition) is 0. The van der Waals surface area contributed by atoms with Crippen LogP contribution in [0.1, 0.15) is 25.3 Å². The van der Waals surface area contributed by atoms with Crippen molar-refractivity contribution in [2.75, 3.05) is 42.5 Å². The summed E-state index contributed by atoms with van der Waals surface area (Å²) in [5.74, 6) is 0.461. The summed E-state index contributed by atoms with van der Waals surface area (Å²) in [6.45, 7) is 8.63. The van der Waals surface area contributed by atoms with Crippen LogP contribution in [0.15, 0.2) is 42.6 Å². The van der Waals surface area contributed by atoms with Gasteiger partial charge in [0.15, 0.2) is 5.13 Å². The summed E-state index contributed by atoms with van der Waals surface area (Å²) < 4.78 is 0. The molecule has 0 saturated carbocycles. The average molecular weight is 436 g/mol. The molecule has 0 spiro atoms. The second kappa shape index (κ2) is 8.46. The third-order valence-corrected chi connectivity index (χ3v) is 7.58. The summed E-state index contributed by atoms with van der Waals surface area (Å²) in [4.78, 5) is 30.2. The van der Waals surface area contributed by atoms with Gasteiger partial charge in [0.05, 0.1) is 0 Å². The predicted molar refractivity (Wildman–Crippen MR) is 127 cm³/mol. The number of aromatic nitrogens is 2. The quantitative estimate of drug-likeness (QED) is 0.623. The van der Waals surface area contributed by atoms with E-state index >= 15 is 0 Å². The van der Waals surface area contributed by atoms with E-state index in [1.54, 1.807) is 11.3 Å². The van der Waals surface area contributed by atoms with Crippen LogP contribution in [0.4, 0.5) is 10.8 Å². The van der Waals surface area contributed by atoms with Gasteiger partial charge >= 0.3 is 0 Å². The van der Waals surface area contributed by atoms with Crippen molar-refractivity contribution >= 4 is 38.4 Å². The number of anilines is 2. The zero-order valence-corrected chi connectivity index (χ0v) is 19.0. The Bertz CT molecular complexity index is 1040. The minimum absolute atomic E-state index is 0.126. The van der Waals surface area contributed by atoms with Crippen molar-refractivity contribution < 1.29 is 4.79 Å². The van der Waals surface area contributed by atoms with E-state index in [9.17, 15) is 4.79 Å². The summed E-state index contributed by atoms with van der Waals surface area (Å²) in [5, 5.41) is 1.03. The minimum atomic E-state index is 0.126. The van der Waals surface area contributed by atoms with Crippen LogP contribution in [0.2, 0.25) is 0 Å². The number of thiazole rings is 1. The highest BCUT2D eigenvalue weighted by Gasteiger charge is 2.33. The predicted octanol–water partition coefficient (Wildman–Crippen LogP) is 3.95. The molecule has 2 aliphatic heterocycles. The lowest BCUT2D eigenvalue weighted by Crippen LogP contribution is -2.55. The zero-order valence-electron chi connectivity index (χ0n) is 18.2. The molecule has 162 valence electrons. The van der Waals surface area contributed by atoms with Gasteiger partial charge in [-0.15, -0.1) is 0 Å². The number of amides is 1. The standard InChI is InChI=1S/C24H29N5OS/c1-17-5-3-6-20(15-17)29-14-13-28(16-18(29)2)23(30)19-8-11-27(12-9-19)24-26-21-7-4-10-25-22(21)31-24/h3-7,10,15,18-19H,8-9,11-14,16H2,1-2H3. The largest absolute Gasteiger partial charge is 0.365 e. The summed E-state index contributed by atoms with van der Waals surface area (Å²) in [5.41, 5.74) is 3.50. The highest BCUT2D eigenvalue weighted by molar-refractivity contribution is 7.21. The molecule has 2 aliphatic rings. The highest BCUT2D eigenvalue weighted by atomic mass is 32.1. The van der Waals surface area contributed by atoms with E-state index in [1.807, 2.05) is 18.3 Å². The molecule has 31 heavy (non-hydrogen) atoms. The maximum absolute atomic E-state index is 13.2. The van der Waals surface area contributed by atoms with Gasteiger partial charge in [-0.05, 0) is 56.5 Å². The normalized spacial score (nSPS) is 20.5. The molecule has 6 nitrogen and oxygen atoms in total. The lowest BCUT2D eigenvalue weighted by Gasteiger charge is -2.43. The monoisotopic (exact) mass is 435 g/mol. The first kappa shape index (κ1) is 20.2. The third-order valence-electron chi connectivity index (χ3n) is 6.54. The van der Waals surface area contributed by atoms with E-state index in [0.717, 1.165) is 61.0 Å². The molecule has 2 fully saturated rings. The fraction of sp³-hybridized carbons (Fsp3) is 0.458. The first-order valence-electron chi connectivity index (χ1n) is 11.2. The van der Waals surface area contributed by atoms with Gasteiger partial charge in [0, 0.05) is 56.6 Å². The molecule has 0 aliphatic carbocycles. The maximum Gasteiger partial charge on any atom is 0.225 e. The van der Waals surface area contributed by atoms with Gasteiger partial charge in [0.25, 0.3) is 0 Å². The van der Waals surface area contributed by atoms with Crippen molar-refractivity contribution in [2.45, 2.75) is 32.7 Å². The Labute approximate surface area is 187 Å². The Morgan fingerprint density at radius 2 is 1.94 bits per heavy atom. The number of hydrogen-bond acceptors (Lipinski definition) is 6. The summed E-state index contributed by atoms with van der Waals surface area (Å²) in [6.07, 6.45) is 3.61.